The molecule has 0 aromatic carbocycles. The van der Waals surface area contributed by atoms with Gasteiger partial charge in [-0.1, -0.05) is 5.16 Å². The maximum atomic E-state index is 5.14. The van der Waals surface area contributed by atoms with Gasteiger partial charge in [0.15, 0.2) is 5.82 Å². The van der Waals surface area contributed by atoms with E-state index in [1.54, 1.807) is 6.20 Å². The maximum absolute atomic E-state index is 5.14. The van der Waals surface area contributed by atoms with Gasteiger partial charge < -0.3 is 9.84 Å². The number of hydrogen-bond acceptors (Lipinski definition) is 5. The molecule has 15 heavy (non-hydrogen) atoms. The monoisotopic (exact) mass is 207 g/mol. The minimum Gasteiger partial charge on any atom is -0.332 e. The van der Waals surface area contributed by atoms with Gasteiger partial charge in [0.2, 0.25) is 0 Å². The summed E-state index contributed by atoms with van der Waals surface area (Å²) in [6, 6.07) is 1.86. The van der Waals surface area contributed by atoms with E-state index in [1.807, 2.05) is 24.7 Å². The predicted octanol–water partition coefficient (Wildman–Crippen LogP) is 0.672. The zero-order valence-corrected chi connectivity index (χ0v) is 8.77. The van der Waals surface area contributed by atoms with Crippen LogP contribution >= 0.6 is 0 Å². The number of nitrogens with one attached hydrogen (secondary N) is 1. The van der Waals surface area contributed by atoms with E-state index in [1.165, 1.54) is 0 Å². The third-order valence-corrected chi connectivity index (χ3v) is 2.04. The summed E-state index contributed by atoms with van der Waals surface area (Å²) in [7, 11) is 1.84. The molecule has 0 unspecified atom stereocenters. The zero-order valence-electron chi connectivity index (χ0n) is 8.77. The molecule has 0 saturated carbocycles. The fourth-order valence-electron chi connectivity index (χ4n) is 1.35. The van der Waals surface area contributed by atoms with Gasteiger partial charge in [-0.15, -0.1) is 0 Å². The van der Waals surface area contributed by atoms with Gasteiger partial charge >= 0.3 is 0 Å². The smallest absolute Gasteiger partial charge is 0.276 e. The maximum Gasteiger partial charge on any atom is 0.276 e. The van der Waals surface area contributed by atoms with E-state index in [-0.39, 0.29) is 0 Å². The lowest BCUT2D eigenvalue weighted by Crippen LogP contribution is -2.06. The van der Waals surface area contributed by atoms with E-state index in [0.717, 1.165) is 12.2 Å². The molecule has 0 fully saturated rings. The highest BCUT2D eigenvalue weighted by Gasteiger charge is 2.11. The van der Waals surface area contributed by atoms with Gasteiger partial charge in [0.25, 0.3) is 5.89 Å². The first-order valence-corrected chi connectivity index (χ1v) is 4.84. The van der Waals surface area contributed by atoms with Crippen molar-refractivity contribution < 1.29 is 4.52 Å². The van der Waals surface area contributed by atoms with Crippen molar-refractivity contribution in [2.24, 2.45) is 0 Å². The van der Waals surface area contributed by atoms with Gasteiger partial charge in [0.1, 0.15) is 5.69 Å². The summed E-state index contributed by atoms with van der Waals surface area (Å²) < 4.78 is 6.96. The average molecular weight is 207 g/mol. The van der Waals surface area contributed by atoms with Crippen LogP contribution in [0.4, 0.5) is 0 Å². The molecule has 0 amide bonds. The molecular weight excluding hydrogens is 194 g/mol. The molecule has 80 valence electrons. The Kier molecular flexibility index (Phi) is 2.77. The summed E-state index contributed by atoms with van der Waals surface area (Å²) in [6.07, 6.45) is 1.72. The normalized spacial score (nSPS) is 10.8. The Balaban J connectivity index is 2.28. The highest BCUT2D eigenvalue weighted by Crippen LogP contribution is 2.16. The van der Waals surface area contributed by atoms with Crippen LogP contribution < -0.4 is 5.32 Å². The molecule has 0 radical (unpaired) electrons. The van der Waals surface area contributed by atoms with Crippen LogP contribution in [-0.4, -0.2) is 27.0 Å². The van der Waals surface area contributed by atoms with Crippen LogP contribution in [0.3, 0.4) is 0 Å². The van der Waals surface area contributed by atoms with Gasteiger partial charge in [-0.05, 0) is 20.0 Å². The molecule has 0 aliphatic heterocycles. The van der Waals surface area contributed by atoms with Crippen LogP contribution in [0, 0.1) is 0 Å². The van der Waals surface area contributed by atoms with E-state index >= 15 is 0 Å². The van der Waals surface area contributed by atoms with E-state index in [4.69, 9.17) is 4.52 Å². The van der Waals surface area contributed by atoms with Gasteiger partial charge in [-0.3, -0.25) is 4.68 Å². The van der Waals surface area contributed by atoms with Crippen molar-refractivity contribution >= 4 is 0 Å². The molecule has 6 heteroatoms. The number of aryl methyl sites for hydroxylation is 1. The number of rotatable bonds is 4. The lowest BCUT2D eigenvalue weighted by molar-refractivity contribution is 0.416. The average Bonchev–Trinajstić information content (AvgIpc) is 2.84. The molecule has 0 aliphatic rings. The standard InChI is InChI=1S/C9H13N5O/c1-3-14-7(4-5-11-14)9-12-8(6-10-2)13-15-9/h4-5,10H,3,6H2,1-2H3. The highest BCUT2D eigenvalue weighted by atomic mass is 16.5. The fourth-order valence-corrected chi connectivity index (χ4v) is 1.35. The van der Waals surface area contributed by atoms with Gasteiger partial charge in [-0.2, -0.15) is 10.1 Å². The van der Waals surface area contributed by atoms with E-state index in [9.17, 15) is 0 Å². The van der Waals surface area contributed by atoms with Gasteiger partial charge in [0.05, 0.1) is 6.54 Å². The van der Waals surface area contributed by atoms with Crippen LogP contribution in [0.2, 0.25) is 0 Å². The molecular formula is C9H13N5O. The molecule has 2 aromatic heterocycles. The van der Waals surface area contributed by atoms with Crippen molar-refractivity contribution in [2.45, 2.75) is 20.0 Å². The quantitative estimate of drug-likeness (QED) is 0.798. The lowest BCUT2D eigenvalue weighted by atomic mass is 10.4. The second-order valence-corrected chi connectivity index (χ2v) is 3.08. The molecule has 2 rings (SSSR count). The molecule has 2 aromatic rings. The van der Waals surface area contributed by atoms with Crippen LogP contribution in [0.25, 0.3) is 11.6 Å². The Morgan fingerprint density at radius 3 is 3.13 bits per heavy atom. The van der Waals surface area contributed by atoms with Crippen LogP contribution in [0.5, 0.6) is 0 Å². The molecule has 0 saturated heterocycles. The first kappa shape index (κ1) is 9.85. The summed E-state index contributed by atoms with van der Waals surface area (Å²) in [5.41, 5.74) is 0.854. The van der Waals surface area contributed by atoms with E-state index in [2.05, 4.69) is 20.6 Å². The van der Waals surface area contributed by atoms with Crippen molar-refractivity contribution in [3.63, 3.8) is 0 Å². The van der Waals surface area contributed by atoms with E-state index < -0.39 is 0 Å². The minimum absolute atomic E-state index is 0.514. The minimum atomic E-state index is 0.514. The second kappa shape index (κ2) is 4.22. The predicted molar refractivity (Wildman–Crippen MR) is 54.0 cm³/mol. The molecule has 0 spiro atoms. The Bertz CT molecular complexity index is 433. The van der Waals surface area contributed by atoms with Crippen molar-refractivity contribution in [3.05, 3.63) is 18.1 Å². The van der Waals surface area contributed by atoms with Crippen LogP contribution in [0.15, 0.2) is 16.8 Å². The molecule has 0 atom stereocenters. The van der Waals surface area contributed by atoms with Crippen LogP contribution in [-0.2, 0) is 13.1 Å². The number of aromatic nitrogens is 4. The van der Waals surface area contributed by atoms with Crippen LogP contribution in [0.1, 0.15) is 12.7 Å². The topological polar surface area (TPSA) is 68.8 Å². The second-order valence-electron chi connectivity index (χ2n) is 3.08. The van der Waals surface area contributed by atoms with Gasteiger partial charge in [0, 0.05) is 12.7 Å². The Morgan fingerprint density at radius 2 is 2.40 bits per heavy atom. The Labute approximate surface area is 87.3 Å². The highest BCUT2D eigenvalue weighted by molar-refractivity contribution is 5.45. The fraction of sp³-hybridized carbons (Fsp3) is 0.444. The summed E-state index contributed by atoms with van der Waals surface area (Å²) in [6.45, 7) is 3.40. The van der Waals surface area contributed by atoms with Gasteiger partial charge in [-0.25, -0.2) is 0 Å². The van der Waals surface area contributed by atoms with Crippen molar-refractivity contribution in [2.75, 3.05) is 7.05 Å². The summed E-state index contributed by atoms with van der Waals surface area (Å²) in [4.78, 5) is 4.25. The SMILES string of the molecule is CCn1nccc1-c1nc(CNC)no1. The summed E-state index contributed by atoms with van der Waals surface area (Å²) in [5.74, 6) is 1.16. The Hall–Kier alpha value is -1.69. The largest absolute Gasteiger partial charge is 0.332 e. The third-order valence-electron chi connectivity index (χ3n) is 2.04. The molecule has 2 heterocycles. The summed E-state index contributed by atoms with van der Waals surface area (Å²) in [5, 5.41) is 11.0. The lowest BCUT2D eigenvalue weighted by Gasteiger charge is -1.97. The first-order valence-electron chi connectivity index (χ1n) is 4.84. The van der Waals surface area contributed by atoms with Crippen molar-refractivity contribution in [1.82, 2.24) is 25.2 Å². The molecule has 0 aliphatic carbocycles. The van der Waals surface area contributed by atoms with Crippen molar-refractivity contribution in [1.29, 1.82) is 0 Å². The third kappa shape index (κ3) is 1.89. The molecule has 0 bridgehead atoms. The number of nitrogens with zero attached hydrogens (tertiary/aromatic N) is 4. The Morgan fingerprint density at radius 1 is 1.53 bits per heavy atom. The molecule has 1 N–H and O–H groups in total. The first-order chi connectivity index (χ1) is 7.35. The zero-order chi connectivity index (χ0) is 10.7. The van der Waals surface area contributed by atoms with Crippen molar-refractivity contribution in [3.8, 4) is 11.6 Å². The molecule has 6 nitrogen and oxygen atoms in total. The summed E-state index contributed by atoms with van der Waals surface area (Å²) >= 11 is 0. The van der Waals surface area contributed by atoms with E-state index in [0.29, 0.717) is 18.3 Å². The number of hydrogen-bond donors (Lipinski definition) is 1.